The molecule has 0 radical (unpaired) electrons. The van der Waals surface area contributed by atoms with Gasteiger partial charge in [0.2, 0.25) is 5.91 Å². The van der Waals surface area contributed by atoms with E-state index in [1.165, 1.54) is 0 Å². The molecule has 4 nitrogen and oxygen atoms in total. The van der Waals surface area contributed by atoms with Crippen molar-refractivity contribution < 1.29 is 14.6 Å². The van der Waals surface area contributed by atoms with E-state index in [2.05, 4.69) is 5.32 Å². The highest BCUT2D eigenvalue weighted by molar-refractivity contribution is 5.79. The molecule has 0 heterocycles. The third kappa shape index (κ3) is 4.04. The second-order valence-corrected chi connectivity index (χ2v) is 4.59. The molecule has 2 N–H and O–H groups in total. The van der Waals surface area contributed by atoms with E-state index in [1.54, 1.807) is 7.11 Å². The predicted molar refractivity (Wildman–Crippen MR) is 70.6 cm³/mol. The number of aliphatic hydroxyl groups excluding tert-OH is 1. The molecular formula is C14H21NO3. The van der Waals surface area contributed by atoms with Crippen LogP contribution in [0.15, 0.2) is 24.3 Å². The van der Waals surface area contributed by atoms with Crippen LogP contribution in [0.3, 0.4) is 0 Å². The third-order valence-electron chi connectivity index (χ3n) is 2.89. The summed E-state index contributed by atoms with van der Waals surface area (Å²) in [4.78, 5) is 11.9. The summed E-state index contributed by atoms with van der Waals surface area (Å²) < 4.78 is 5.20. The number of para-hydroxylation sites is 1. The zero-order chi connectivity index (χ0) is 13.5. The fourth-order valence-electron chi connectivity index (χ4n) is 1.70. The summed E-state index contributed by atoms with van der Waals surface area (Å²) in [5.74, 6) is 0.807. The van der Waals surface area contributed by atoms with Gasteiger partial charge in [0.25, 0.3) is 0 Å². The Balaban J connectivity index is 2.64. The van der Waals surface area contributed by atoms with Gasteiger partial charge in [0.15, 0.2) is 0 Å². The van der Waals surface area contributed by atoms with Gasteiger partial charge in [-0.2, -0.15) is 0 Å². The predicted octanol–water partition coefficient (Wildman–Crippen LogP) is 1.37. The van der Waals surface area contributed by atoms with Gasteiger partial charge in [0.1, 0.15) is 5.75 Å². The van der Waals surface area contributed by atoms with Crippen LogP contribution in [-0.2, 0) is 11.2 Å². The van der Waals surface area contributed by atoms with Crippen LogP contribution >= 0.6 is 0 Å². The minimum Gasteiger partial charge on any atom is -0.496 e. The van der Waals surface area contributed by atoms with E-state index in [1.807, 2.05) is 38.1 Å². The Hall–Kier alpha value is -1.55. The Morgan fingerprint density at radius 1 is 1.39 bits per heavy atom. The highest BCUT2D eigenvalue weighted by Crippen LogP contribution is 2.17. The fourth-order valence-corrected chi connectivity index (χ4v) is 1.70. The molecule has 1 atom stereocenters. The van der Waals surface area contributed by atoms with Gasteiger partial charge >= 0.3 is 0 Å². The topological polar surface area (TPSA) is 58.6 Å². The van der Waals surface area contributed by atoms with Crippen LogP contribution in [0.4, 0.5) is 0 Å². The maximum atomic E-state index is 11.9. The summed E-state index contributed by atoms with van der Waals surface area (Å²) >= 11 is 0. The molecule has 0 fully saturated rings. The summed E-state index contributed by atoms with van der Waals surface area (Å²) in [6, 6.07) is 7.23. The first kappa shape index (κ1) is 14.5. The van der Waals surface area contributed by atoms with Crippen molar-refractivity contribution in [2.75, 3.05) is 13.7 Å². The highest BCUT2D eigenvalue weighted by atomic mass is 16.5. The van der Waals surface area contributed by atoms with Gasteiger partial charge in [0.05, 0.1) is 26.2 Å². The molecule has 0 aromatic heterocycles. The summed E-state index contributed by atoms with van der Waals surface area (Å²) in [5.41, 5.74) is 0.845. The smallest absolute Gasteiger partial charge is 0.224 e. The molecule has 4 heteroatoms. The zero-order valence-corrected chi connectivity index (χ0v) is 11.1. The molecule has 1 rings (SSSR count). The molecule has 0 aliphatic rings. The van der Waals surface area contributed by atoms with Crippen molar-refractivity contribution in [3.05, 3.63) is 29.8 Å². The van der Waals surface area contributed by atoms with Gasteiger partial charge in [-0.05, 0) is 12.0 Å². The third-order valence-corrected chi connectivity index (χ3v) is 2.89. The number of hydrogen-bond acceptors (Lipinski definition) is 3. The monoisotopic (exact) mass is 251 g/mol. The van der Waals surface area contributed by atoms with Crippen LogP contribution in [0.5, 0.6) is 5.75 Å². The molecule has 0 aliphatic carbocycles. The van der Waals surface area contributed by atoms with Crippen molar-refractivity contribution in [3.63, 3.8) is 0 Å². The number of carbonyl (C=O) groups is 1. The first-order valence-electron chi connectivity index (χ1n) is 6.10. The van der Waals surface area contributed by atoms with Crippen LogP contribution < -0.4 is 10.1 Å². The number of carbonyl (C=O) groups excluding carboxylic acids is 1. The quantitative estimate of drug-likeness (QED) is 0.803. The maximum Gasteiger partial charge on any atom is 0.224 e. The molecule has 0 saturated carbocycles. The Labute approximate surface area is 108 Å². The SMILES string of the molecule is COc1ccccc1CC(=O)N[C@H](CO)C(C)C. The Bertz CT molecular complexity index is 390. The van der Waals surface area contributed by atoms with Crippen molar-refractivity contribution in [1.29, 1.82) is 0 Å². The second kappa shape index (κ2) is 7.01. The second-order valence-electron chi connectivity index (χ2n) is 4.59. The fraction of sp³-hybridized carbons (Fsp3) is 0.500. The number of ether oxygens (including phenoxy) is 1. The summed E-state index contributed by atoms with van der Waals surface area (Å²) in [5, 5.41) is 12.0. The van der Waals surface area contributed by atoms with Crippen LogP contribution in [0.2, 0.25) is 0 Å². The number of amides is 1. The van der Waals surface area contributed by atoms with E-state index >= 15 is 0 Å². The van der Waals surface area contributed by atoms with E-state index in [9.17, 15) is 9.90 Å². The van der Waals surface area contributed by atoms with Crippen LogP contribution in [0.1, 0.15) is 19.4 Å². The van der Waals surface area contributed by atoms with E-state index < -0.39 is 0 Å². The lowest BCUT2D eigenvalue weighted by Gasteiger charge is -2.20. The molecule has 1 aromatic carbocycles. The minimum atomic E-state index is -0.202. The molecule has 0 saturated heterocycles. The lowest BCUT2D eigenvalue weighted by atomic mass is 10.0. The standard InChI is InChI=1S/C14H21NO3/c1-10(2)12(9-16)15-14(17)8-11-6-4-5-7-13(11)18-3/h4-7,10,12,16H,8-9H2,1-3H3,(H,15,17)/t12-/m1/s1. The van der Waals surface area contributed by atoms with Gasteiger partial charge in [-0.15, -0.1) is 0 Å². The molecule has 1 amide bonds. The molecule has 100 valence electrons. The summed E-state index contributed by atoms with van der Waals surface area (Å²) in [6.07, 6.45) is 0.257. The van der Waals surface area contributed by atoms with E-state index in [-0.39, 0.29) is 30.9 Å². The van der Waals surface area contributed by atoms with Crippen molar-refractivity contribution in [2.24, 2.45) is 5.92 Å². The van der Waals surface area contributed by atoms with Gasteiger partial charge < -0.3 is 15.2 Å². The first-order chi connectivity index (χ1) is 8.58. The van der Waals surface area contributed by atoms with Crippen molar-refractivity contribution in [1.82, 2.24) is 5.32 Å². The van der Waals surface area contributed by atoms with Crippen LogP contribution in [0, 0.1) is 5.92 Å². The van der Waals surface area contributed by atoms with Crippen molar-refractivity contribution >= 4 is 5.91 Å². The molecule has 0 spiro atoms. The van der Waals surface area contributed by atoms with E-state index in [0.717, 1.165) is 5.56 Å². The molecule has 0 unspecified atom stereocenters. The van der Waals surface area contributed by atoms with Gasteiger partial charge in [-0.3, -0.25) is 4.79 Å². The van der Waals surface area contributed by atoms with Gasteiger partial charge in [-0.1, -0.05) is 32.0 Å². The molecule has 18 heavy (non-hydrogen) atoms. The molecular weight excluding hydrogens is 230 g/mol. The summed E-state index contributed by atoms with van der Waals surface area (Å²) in [6.45, 7) is 3.88. The zero-order valence-electron chi connectivity index (χ0n) is 11.1. The largest absolute Gasteiger partial charge is 0.496 e. The maximum absolute atomic E-state index is 11.9. The lowest BCUT2D eigenvalue weighted by Crippen LogP contribution is -2.41. The van der Waals surface area contributed by atoms with Crippen molar-refractivity contribution in [2.45, 2.75) is 26.3 Å². The normalized spacial score (nSPS) is 12.3. The highest BCUT2D eigenvalue weighted by Gasteiger charge is 2.16. The first-order valence-corrected chi connectivity index (χ1v) is 6.10. The van der Waals surface area contributed by atoms with Crippen molar-refractivity contribution in [3.8, 4) is 5.75 Å². The average molecular weight is 251 g/mol. The molecule has 1 aromatic rings. The van der Waals surface area contributed by atoms with E-state index in [4.69, 9.17) is 4.74 Å². The average Bonchev–Trinajstić information content (AvgIpc) is 2.36. The number of methoxy groups -OCH3 is 1. The number of nitrogens with one attached hydrogen (secondary N) is 1. The number of rotatable bonds is 6. The lowest BCUT2D eigenvalue weighted by molar-refractivity contribution is -0.121. The summed E-state index contributed by atoms with van der Waals surface area (Å²) in [7, 11) is 1.58. The molecule has 0 bridgehead atoms. The Morgan fingerprint density at radius 3 is 2.61 bits per heavy atom. The Morgan fingerprint density at radius 2 is 2.06 bits per heavy atom. The van der Waals surface area contributed by atoms with E-state index in [0.29, 0.717) is 5.75 Å². The minimum absolute atomic E-state index is 0.0463. The molecule has 0 aliphatic heterocycles. The number of hydrogen-bond donors (Lipinski definition) is 2. The van der Waals surface area contributed by atoms with Crippen LogP contribution in [-0.4, -0.2) is 30.8 Å². The van der Waals surface area contributed by atoms with Gasteiger partial charge in [0, 0.05) is 5.56 Å². The Kier molecular flexibility index (Phi) is 5.65. The number of benzene rings is 1. The van der Waals surface area contributed by atoms with Gasteiger partial charge in [-0.25, -0.2) is 0 Å². The number of aliphatic hydroxyl groups is 1. The van der Waals surface area contributed by atoms with Crippen LogP contribution in [0.25, 0.3) is 0 Å².